The molecule has 0 saturated heterocycles. The van der Waals surface area contributed by atoms with Crippen LogP contribution < -0.4 is 21.1 Å². The number of carbonyl (C=O) groups is 2. The van der Waals surface area contributed by atoms with Gasteiger partial charge in [-0.05, 0) is 42.8 Å². The van der Waals surface area contributed by atoms with Crippen molar-refractivity contribution in [3.8, 4) is 22.8 Å². The van der Waals surface area contributed by atoms with Gasteiger partial charge < -0.3 is 25.6 Å². The van der Waals surface area contributed by atoms with Gasteiger partial charge >= 0.3 is 24.0 Å². The van der Waals surface area contributed by atoms with E-state index in [9.17, 15) is 41.0 Å². The van der Waals surface area contributed by atoms with Crippen LogP contribution in [0.2, 0.25) is 0 Å². The Hall–Kier alpha value is -5.23. The topological polar surface area (TPSA) is 161 Å². The van der Waals surface area contributed by atoms with Gasteiger partial charge in [0.05, 0.1) is 11.4 Å². The zero-order valence-corrected chi connectivity index (χ0v) is 24.9. The second-order valence-electron chi connectivity index (χ2n) is 10.4. The van der Waals surface area contributed by atoms with Crippen molar-refractivity contribution in [2.24, 2.45) is 0 Å². The van der Waals surface area contributed by atoms with E-state index in [2.05, 4.69) is 20.6 Å². The number of imidazole rings is 1. The van der Waals surface area contributed by atoms with E-state index in [4.69, 9.17) is 14.6 Å². The number of amides is 1. The summed E-state index contributed by atoms with van der Waals surface area (Å²) < 4.78 is 77.4. The second kappa shape index (κ2) is 14.7. The van der Waals surface area contributed by atoms with Crippen molar-refractivity contribution >= 4 is 11.9 Å². The highest BCUT2D eigenvalue weighted by atomic mass is 19.4. The normalized spacial score (nSPS) is 15.0. The molecule has 0 aliphatic carbocycles. The summed E-state index contributed by atoms with van der Waals surface area (Å²) in [6.45, 7) is 1.74. The summed E-state index contributed by atoms with van der Waals surface area (Å²) in [7, 11) is 0. The number of hydrogen-bond donors (Lipinski definition) is 4. The molecule has 2 atom stereocenters. The van der Waals surface area contributed by atoms with E-state index in [0.29, 0.717) is 23.8 Å². The summed E-state index contributed by atoms with van der Waals surface area (Å²) in [4.78, 5) is 44.7. The van der Waals surface area contributed by atoms with Crippen molar-refractivity contribution in [3.63, 3.8) is 0 Å². The predicted octanol–water partition coefficient (Wildman–Crippen LogP) is 3.45. The van der Waals surface area contributed by atoms with Gasteiger partial charge in [-0.2, -0.15) is 26.3 Å². The van der Waals surface area contributed by atoms with Crippen molar-refractivity contribution in [1.82, 2.24) is 29.7 Å². The lowest BCUT2D eigenvalue weighted by Gasteiger charge is -2.22. The molecule has 0 radical (unpaired) electrons. The molecule has 12 nitrogen and oxygen atoms in total. The Morgan fingerprint density at radius 1 is 1.04 bits per heavy atom. The molecule has 5 rings (SSSR count). The minimum absolute atomic E-state index is 0.000506. The number of nitrogens with zero attached hydrogens (tertiary/aromatic N) is 4. The lowest BCUT2D eigenvalue weighted by molar-refractivity contribution is -0.210. The molecule has 1 aliphatic rings. The predicted molar refractivity (Wildman–Crippen MR) is 156 cm³/mol. The highest BCUT2D eigenvalue weighted by molar-refractivity contribution is 5.94. The van der Waals surface area contributed by atoms with Crippen LogP contribution in [0.15, 0.2) is 71.8 Å². The first-order chi connectivity index (χ1) is 22.6. The number of rotatable bonds is 8. The van der Waals surface area contributed by atoms with Gasteiger partial charge in [0.15, 0.2) is 11.9 Å². The zero-order chi connectivity index (χ0) is 35.2. The molecule has 18 heteroatoms. The Balaban J connectivity index is 0.000000671. The van der Waals surface area contributed by atoms with Crippen LogP contribution in [0.4, 0.5) is 26.3 Å². The third-order valence-electron chi connectivity index (χ3n) is 6.92. The molecule has 4 N–H and O–H groups in total. The lowest BCUT2D eigenvalue weighted by Crippen LogP contribution is -2.40. The average Bonchev–Trinajstić information content (AvgIpc) is 3.33. The molecule has 3 heterocycles. The first-order valence-electron chi connectivity index (χ1n) is 14.1. The average molecular weight is 683 g/mol. The zero-order valence-electron chi connectivity index (χ0n) is 24.9. The number of ether oxygens (including phenoxy) is 1. The number of halogens is 6. The second-order valence-corrected chi connectivity index (χ2v) is 10.4. The molecule has 48 heavy (non-hydrogen) atoms. The van der Waals surface area contributed by atoms with Gasteiger partial charge in [-0.15, -0.1) is 0 Å². The smallest absolute Gasteiger partial charge is 0.490 e. The van der Waals surface area contributed by atoms with Gasteiger partial charge in [-0.25, -0.2) is 19.6 Å². The molecule has 1 aliphatic heterocycles. The first-order valence-corrected chi connectivity index (χ1v) is 14.1. The monoisotopic (exact) mass is 682 g/mol. The molecular weight excluding hydrogens is 654 g/mol. The minimum atomic E-state index is -5.08. The minimum Gasteiger partial charge on any atom is -0.491 e. The van der Waals surface area contributed by atoms with Crippen LogP contribution in [0, 0.1) is 0 Å². The van der Waals surface area contributed by atoms with Crippen LogP contribution in [-0.2, 0) is 24.4 Å². The number of carbonyl (C=O) groups excluding carboxylic acids is 1. The van der Waals surface area contributed by atoms with Crippen molar-refractivity contribution in [3.05, 3.63) is 94.4 Å². The van der Waals surface area contributed by atoms with Crippen LogP contribution in [0.1, 0.15) is 28.7 Å². The number of benzene rings is 2. The van der Waals surface area contributed by atoms with Crippen LogP contribution >= 0.6 is 0 Å². The number of carboxylic acid groups (broad SMARTS) is 1. The Labute approximate surface area is 267 Å². The van der Waals surface area contributed by atoms with Crippen LogP contribution in [0.25, 0.3) is 17.1 Å². The molecule has 2 aromatic heterocycles. The fourth-order valence-corrected chi connectivity index (χ4v) is 4.59. The lowest BCUT2D eigenvalue weighted by atomic mass is 10.1. The summed E-state index contributed by atoms with van der Waals surface area (Å²) in [6.07, 6.45) is -9.26. The highest BCUT2D eigenvalue weighted by Gasteiger charge is 2.39. The number of aliphatic hydroxyl groups excluding tert-OH is 1. The fourth-order valence-electron chi connectivity index (χ4n) is 4.59. The molecule has 1 unspecified atom stereocenters. The molecule has 0 fully saturated rings. The number of aliphatic hydroxyl groups is 1. The van der Waals surface area contributed by atoms with Gasteiger partial charge in [0.25, 0.3) is 5.91 Å². The number of hydrogen-bond acceptors (Lipinski definition) is 8. The van der Waals surface area contributed by atoms with Crippen molar-refractivity contribution in [2.45, 2.75) is 51.1 Å². The van der Waals surface area contributed by atoms with Crippen LogP contribution in [0.3, 0.4) is 0 Å². The number of carboxylic acids is 1. The van der Waals surface area contributed by atoms with Gasteiger partial charge in [0, 0.05) is 43.6 Å². The number of nitrogens with one attached hydrogen (secondary N) is 2. The largest absolute Gasteiger partial charge is 0.491 e. The first kappa shape index (κ1) is 35.6. The van der Waals surface area contributed by atoms with Gasteiger partial charge in [-0.3, -0.25) is 13.9 Å². The Morgan fingerprint density at radius 2 is 1.67 bits per heavy atom. The van der Waals surface area contributed by atoms with E-state index in [1.807, 2.05) is 31.2 Å². The molecule has 2 aromatic carbocycles. The summed E-state index contributed by atoms with van der Waals surface area (Å²) >= 11 is 0. The summed E-state index contributed by atoms with van der Waals surface area (Å²) in [5.74, 6) is -2.66. The van der Waals surface area contributed by atoms with E-state index in [0.717, 1.165) is 11.1 Å². The highest BCUT2D eigenvalue weighted by Crippen LogP contribution is 2.24. The summed E-state index contributed by atoms with van der Waals surface area (Å²) in [6, 6.07) is 14.8. The van der Waals surface area contributed by atoms with E-state index < -0.39 is 42.6 Å². The van der Waals surface area contributed by atoms with E-state index in [1.54, 1.807) is 23.0 Å². The Morgan fingerprint density at radius 3 is 2.27 bits per heavy atom. The summed E-state index contributed by atoms with van der Waals surface area (Å²) in [5.41, 5.74) is 2.10. The Bertz CT molecular complexity index is 1790. The van der Waals surface area contributed by atoms with Crippen molar-refractivity contribution < 1.29 is 50.9 Å². The van der Waals surface area contributed by atoms with Crippen molar-refractivity contribution in [1.29, 1.82) is 0 Å². The maximum atomic E-state index is 13.7. The van der Waals surface area contributed by atoms with E-state index in [1.165, 1.54) is 28.8 Å². The maximum Gasteiger partial charge on any atom is 0.490 e. The maximum absolute atomic E-state index is 13.7. The SMILES string of the molecule is CC1Cn2c(c(C(=O)NCc3ccccc3-c3ncccn3)n(-c3ccc(OC[C@@H](O)C(F)(F)F)cc3)c2=O)CN1.O=C(O)C(F)(F)F. The molecule has 4 aromatic rings. The van der Waals surface area contributed by atoms with Gasteiger partial charge in [0.2, 0.25) is 0 Å². The van der Waals surface area contributed by atoms with Crippen LogP contribution in [-0.4, -0.2) is 72.3 Å². The number of fused-ring (bicyclic) bond motifs is 1. The molecular formula is C30H28F6N6O6. The molecule has 0 bridgehead atoms. The molecule has 1 amide bonds. The van der Waals surface area contributed by atoms with Gasteiger partial charge in [-0.1, -0.05) is 24.3 Å². The molecule has 0 spiro atoms. The van der Waals surface area contributed by atoms with Crippen molar-refractivity contribution in [2.75, 3.05) is 6.61 Å². The standard InChI is InChI=1S/C28H27F3N6O4.C2HF3O2/c1-17-15-36-22(14-34-17)24(26(39)35-13-18-5-2-3-6-21(18)25-32-11-4-12-33-25)37(27(36)40)19-7-9-20(10-8-19)41-16-23(38)28(29,30)31;3-2(4,5)1(6)7/h2-12,17,23,34,38H,13-16H2,1H3,(H,35,39);(H,6,7)/t17?,23-;/m1./s1. The quantitative estimate of drug-likeness (QED) is 0.204. The van der Waals surface area contributed by atoms with E-state index in [-0.39, 0.29) is 30.6 Å². The van der Waals surface area contributed by atoms with Crippen LogP contribution in [0.5, 0.6) is 5.75 Å². The number of aromatic nitrogens is 4. The molecule has 256 valence electrons. The molecule has 0 saturated carbocycles. The summed E-state index contributed by atoms with van der Waals surface area (Å²) in [5, 5.41) is 22.5. The number of aliphatic carboxylic acids is 1. The van der Waals surface area contributed by atoms with E-state index >= 15 is 0 Å². The van der Waals surface area contributed by atoms with Gasteiger partial charge in [0.1, 0.15) is 18.1 Å². The fraction of sp³-hybridized carbons (Fsp3) is 0.300. The Kier molecular flexibility index (Phi) is 10.9. The number of alkyl halides is 6. The third-order valence-corrected chi connectivity index (χ3v) is 6.92. The third kappa shape index (κ3) is 8.56.